The lowest BCUT2D eigenvalue weighted by Gasteiger charge is -2.60. The van der Waals surface area contributed by atoms with E-state index in [0.29, 0.717) is 42.9 Å². The third-order valence-corrected chi connectivity index (χ3v) is 22.8. The lowest BCUT2D eigenvalue weighted by Crippen LogP contribution is -2.59. The highest BCUT2D eigenvalue weighted by Crippen LogP contribution is 2.62. The van der Waals surface area contributed by atoms with Gasteiger partial charge in [-0.1, -0.05) is 114 Å². The molecule has 0 atom stereocenters. The third kappa shape index (κ3) is 26.4. The summed E-state index contributed by atoms with van der Waals surface area (Å²) in [6, 6.07) is 0. The van der Waals surface area contributed by atoms with Crippen molar-refractivity contribution < 1.29 is 76.3 Å². The second-order valence-corrected chi connectivity index (χ2v) is 31.0. The van der Waals surface area contributed by atoms with Crippen LogP contribution in [0.2, 0.25) is 0 Å². The highest BCUT2D eigenvalue weighted by Gasteiger charge is 2.60. The van der Waals surface area contributed by atoms with Crippen LogP contribution in [0.1, 0.15) is 350 Å². The highest BCUT2D eigenvalue weighted by atomic mass is 16.6. The van der Waals surface area contributed by atoms with E-state index in [0.717, 1.165) is 94.3 Å². The summed E-state index contributed by atoms with van der Waals surface area (Å²) in [5, 5.41) is 0. The molecule has 16 nitrogen and oxygen atoms in total. The maximum Gasteiger partial charge on any atom is 0.344 e. The molecule has 0 saturated heterocycles. The molecule has 0 heterocycles. The van der Waals surface area contributed by atoms with Gasteiger partial charge in [0, 0.05) is 0 Å². The van der Waals surface area contributed by atoms with Crippen molar-refractivity contribution >= 4 is 47.8 Å². The number of rotatable bonds is 24. The minimum Gasteiger partial charge on any atom is -0.465 e. The summed E-state index contributed by atoms with van der Waals surface area (Å²) in [5.74, 6) is 3.06. The molecule has 0 unspecified atom stereocenters. The van der Waals surface area contributed by atoms with Gasteiger partial charge in [-0.15, -0.1) is 0 Å². The molecular weight excluding hydrogens is 1220 g/mol. The van der Waals surface area contributed by atoms with Crippen LogP contribution in [-0.2, 0) is 76.3 Å². The van der Waals surface area contributed by atoms with Gasteiger partial charge in [0.2, 0.25) is 0 Å². The Morgan fingerprint density at radius 1 is 0.323 bits per heavy atom. The van der Waals surface area contributed by atoms with E-state index in [1.54, 1.807) is 0 Å². The fourth-order valence-electron chi connectivity index (χ4n) is 15.6. The molecule has 8 bridgehead atoms. The second-order valence-electron chi connectivity index (χ2n) is 31.0. The van der Waals surface area contributed by atoms with Gasteiger partial charge in [-0.25, -0.2) is 9.59 Å². The lowest BCUT2D eigenvalue weighted by molar-refractivity contribution is -0.215. The maximum absolute atomic E-state index is 12.5. The summed E-state index contributed by atoms with van der Waals surface area (Å²) in [5.41, 5.74) is -3.33. The summed E-state index contributed by atoms with van der Waals surface area (Å²) < 4.78 is 43.9. The van der Waals surface area contributed by atoms with Crippen LogP contribution in [0.4, 0.5) is 0 Å². The number of esters is 8. The van der Waals surface area contributed by atoms with Crippen LogP contribution in [-0.4, -0.2) is 96.6 Å². The minimum absolute atomic E-state index is 0. The Balaban J connectivity index is -0.000000576. The van der Waals surface area contributed by atoms with E-state index in [1.165, 1.54) is 77.0 Å². The Labute approximate surface area is 589 Å². The van der Waals surface area contributed by atoms with Gasteiger partial charge in [-0.2, -0.15) is 0 Å². The van der Waals surface area contributed by atoms with Gasteiger partial charge in [-0.05, 0) is 271 Å². The van der Waals surface area contributed by atoms with Crippen molar-refractivity contribution in [3.8, 4) is 0 Å². The van der Waals surface area contributed by atoms with Crippen molar-refractivity contribution in [1.82, 2.24) is 0 Å². The summed E-state index contributed by atoms with van der Waals surface area (Å²) in [7, 11) is 0. The molecule has 10 fully saturated rings. The van der Waals surface area contributed by atoms with Crippen LogP contribution in [0.3, 0.4) is 0 Å². The van der Waals surface area contributed by atoms with E-state index in [2.05, 4.69) is 13.8 Å². The van der Waals surface area contributed by atoms with Crippen molar-refractivity contribution in [1.29, 1.82) is 0 Å². The molecule has 10 saturated carbocycles. The largest absolute Gasteiger partial charge is 0.465 e. The van der Waals surface area contributed by atoms with Gasteiger partial charge in [0.1, 0.15) is 35.6 Å². The summed E-state index contributed by atoms with van der Waals surface area (Å²) >= 11 is 0. The first-order chi connectivity index (χ1) is 41.2. The normalized spacial score (nSPS) is 26.3. The van der Waals surface area contributed by atoms with Crippen molar-refractivity contribution in [2.24, 2.45) is 69.0 Å². The number of carbonyl (C=O) groups is 8. The zero-order chi connectivity index (χ0) is 65.5. The van der Waals surface area contributed by atoms with Crippen molar-refractivity contribution in [2.75, 3.05) is 26.4 Å². The van der Waals surface area contributed by atoms with Crippen LogP contribution in [0.25, 0.3) is 0 Å². The average molecular weight is 1370 g/mol. The molecule has 10 aliphatic carbocycles. The molecule has 0 aromatic rings. The first kappa shape index (κ1) is 98.1. The number of carbonyl (C=O) groups excluding carboxylic acids is 8. The SMILES string of the molecule is C.C.C.C.C.C.C.C.CCC(C)(C)C(=O)OCC(=O)OC1(C)CCCCC1.CCC(C)(C)C(=O)OCC(=O)OC1(CC)C2CC3CC(C2)CC1C3.CCC(C)(C)C(=O)OCCC(=O)OC1(C)CCCCC1.CCC(C)(C)C(=O)OCCC(=O)OC1(CC)C2CC3CC(C2)CC1C3. The molecule has 0 N–H and O–H groups in total. The topological polar surface area (TPSA) is 210 Å². The van der Waals surface area contributed by atoms with Gasteiger partial charge in [-0.3, -0.25) is 28.8 Å². The maximum atomic E-state index is 12.5. The molecule has 0 spiro atoms. The molecule has 0 aromatic carbocycles. The highest BCUT2D eigenvalue weighted by molar-refractivity contribution is 5.81. The van der Waals surface area contributed by atoms with E-state index < -0.39 is 27.6 Å². The quantitative estimate of drug-likeness (QED) is 0.0650. The van der Waals surface area contributed by atoms with E-state index in [-0.39, 0.29) is 163 Å². The van der Waals surface area contributed by atoms with Crippen LogP contribution >= 0.6 is 0 Å². The zero-order valence-corrected chi connectivity index (χ0v) is 57.8. The Morgan fingerprint density at radius 3 is 0.812 bits per heavy atom. The van der Waals surface area contributed by atoms with E-state index in [1.807, 2.05) is 96.9 Å². The van der Waals surface area contributed by atoms with Crippen LogP contribution in [0.15, 0.2) is 0 Å². The molecule has 96 heavy (non-hydrogen) atoms. The van der Waals surface area contributed by atoms with Crippen molar-refractivity contribution in [3.05, 3.63) is 0 Å². The van der Waals surface area contributed by atoms with E-state index in [9.17, 15) is 38.4 Å². The Bertz CT molecular complexity index is 2280. The minimum atomic E-state index is -0.550. The summed E-state index contributed by atoms with van der Waals surface area (Å²) in [6.45, 7) is 30.5. The summed E-state index contributed by atoms with van der Waals surface area (Å²) in [4.78, 5) is 96.0. The van der Waals surface area contributed by atoms with Crippen molar-refractivity contribution in [3.63, 3.8) is 0 Å². The number of hydrogen-bond acceptors (Lipinski definition) is 16. The second kappa shape index (κ2) is 42.1. The molecule has 10 aliphatic rings. The molecule has 568 valence electrons. The molecule has 0 aromatic heterocycles. The number of ether oxygens (including phenoxy) is 8. The Hall–Kier alpha value is -4.24. The van der Waals surface area contributed by atoms with Crippen LogP contribution in [0.5, 0.6) is 0 Å². The lowest BCUT2D eigenvalue weighted by atomic mass is 9.49. The smallest absolute Gasteiger partial charge is 0.344 e. The fraction of sp³-hybridized carbons (Fsp3) is 0.900. The molecular formula is C80H152O16. The van der Waals surface area contributed by atoms with Crippen LogP contribution < -0.4 is 0 Å². The van der Waals surface area contributed by atoms with E-state index in [4.69, 9.17) is 37.9 Å². The van der Waals surface area contributed by atoms with Gasteiger partial charge in [0.05, 0.1) is 34.5 Å². The first-order valence-electron chi connectivity index (χ1n) is 34.7. The molecule has 16 heteroatoms. The van der Waals surface area contributed by atoms with Gasteiger partial charge < -0.3 is 37.9 Å². The standard InChI is InChI=1S/C21H34O4.C20H32O4.C16H28O4.C15H26O4.8CH4/c1-5-20(3,4)19(23)24-8-7-18(22)25-21(6-2)16-10-14-9-15(12-16)13-17(21)11-14;1-5-19(3,4)18(22)23-12-17(21)24-20(6-2)15-8-13-7-14(10-15)11-16(20)9-13;1-5-15(2,3)14(18)19-12-9-13(17)20-16(4)10-7-6-8-11-16;1-5-14(2,3)13(17)18-11-12(16)19-15(4)9-7-6-8-10-15;;;;;;;;/h14-17H,5-13H2,1-4H3;13-16H,5-12H2,1-4H3;5-12H2,1-4H3;5-11H2,1-4H3;8*1H4. The van der Waals surface area contributed by atoms with Crippen LogP contribution in [0, 0.1) is 69.0 Å². The van der Waals surface area contributed by atoms with Crippen molar-refractivity contribution in [2.45, 2.75) is 372 Å². The monoisotopic (exact) mass is 1370 g/mol. The Kier molecular flexibility index (Phi) is 43.1. The summed E-state index contributed by atoms with van der Waals surface area (Å²) in [6.07, 6.45) is 27.9. The third-order valence-electron chi connectivity index (χ3n) is 22.8. The fourth-order valence-corrected chi connectivity index (χ4v) is 15.6. The molecule has 0 aliphatic heterocycles. The van der Waals surface area contributed by atoms with Gasteiger partial charge in [0.15, 0.2) is 13.2 Å². The number of hydrogen-bond donors (Lipinski definition) is 0. The molecule has 0 amide bonds. The Morgan fingerprint density at radius 2 is 0.552 bits per heavy atom. The predicted molar refractivity (Wildman–Crippen MR) is 391 cm³/mol. The zero-order valence-electron chi connectivity index (χ0n) is 57.8. The van der Waals surface area contributed by atoms with Gasteiger partial charge >= 0.3 is 47.8 Å². The first-order valence-corrected chi connectivity index (χ1v) is 34.7. The average Bonchev–Trinajstić information content (AvgIpc) is 0.738. The predicted octanol–water partition coefficient (Wildman–Crippen LogP) is 20.6. The van der Waals surface area contributed by atoms with Gasteiger partial charge in [0.25, 0.3) is 0 Å². The molecule has 10 rings (SSSR count). The van der Waals surface area contributed by atoms with E-state index >= 15 is 0 Å². The molecule has 0 radical (unpaired) electrons.